The second-order valence-corrected chi connectivity index (χ2v) is 8.95. The van der Waals surface area contributed by atoms with Crippen LogP contribution in [0.1, 0.15) is 18.9 Å². The summed E-state index contributed by atoms with van der Waals surface area (Å²) in [7, 11) is 0. The number of aromatic nitrogens is 5. The van der Waals surface area contributed by atoms with E-state index in [0.29, 0.717) is 17.0 Å². The Bertz CT molecular complexity index is 1560. The monoisotopic (exact) mass is 477 g/mol. The smallest absolute Gasteiger partial charge is 0.366 e. The normalized spacial score (nSPS) is 19.0. The van der Waals surface area contributed by atoms with E-state index >= 15 is 0 Å². The maximum absolute atomic E-state index is 14.0. The van der Waals surface area contributed by atoms with Gasteiger partial charge in [0.2, 0.25) is 0 Å². The number of benzene rings is 1. The van der Waals surface area contributed by atoms with E-state index in [1.807, 2.05) is 24.3 Å². The fourth-order valence-electron chi connectivity index (χ4n) is 4.88. The number of anilines is 1. The lowest BCUT2D eigenvalue weighted by molar-refractivity contribution is -0.136. The highest BCUT2D eigenvalue weighted by Gasteiger charge is 2.35. The van der Waals surface area contributed by atoms with Gasteiger partial charge in [0.05, 0.1) is 22.7 Å². The molecule has 1 saturated heterocycles. The van der Waals surface area contributed by atoms with Gasteiger partial charge in [0, 0.05) is 40.3 Å². The van der Waals surface area contributed by atoms with Crippen LogP contribution >= 0.6 is 0 Å². The number of alkyl halides is 3. The summed E-state index contributed by atoms with van der Waals surface area (Å²) < 4.78 is 41.9. The van der Waals surface area contributed by atoms with Crippen molar-refractivity contribution in [3.63, 3.8) is 0 Å². The number of nitrogens with one attached hydrogen (secondary N) is 3. The van der Waals surface area contributed by atoms with E-state index < -0.39 is 11.7 Å². The number of para-hydroxylation sites is 1. The van der Waals surface area contributed by atoms with Crippen LogP contribution in [0.3, 0.4) is 0 Å². The van der Waals surface area contributed by atoms with Gasteiger partial charge in [-0.1, -0.05) is 25.1 Å². The van der Waals surface area contributed by atoms with Crippen molar-refractivity contribution < 1.29 is 13.2 Å². The summed E-state index contributed by atoms with van der Waals surface area (Å²) in [5.41, 5.74) is 1.55. The number of hydrogen-bond acceptors (Lipinski definition) is 6. The Balaban J connectivity index is 1.61. The molecular weight excluding hydrogens is 455 g/mol. The van der Waals surface area contributed by atoms with Gasteiger partial charge in [-0.2, -0.15) is 13.2 Å². The molecule has 4 aromatic heterocycles. The molecule has 1 aromatic carbocycles. The molecule has 0 unspecified atom stereocenters. The topological polar surface area (TPSA) is 91.4 Å². The minimum atomic E-state index is -4.59. The Kier molecular flexibility index (Phi) is 5.06. The first-order valence-electron chi connectivity index (χ1n) is 11.5. The van der Waals surface area contributed by atoms with Crippen molar-refractivity contribution in [1.82, 2.24) is 30.2 Å². The lowest BCUT2D eigenvalue weighted by atomic mass is 9.95. The molecule has 35 heavy (non-hydrogen) atoms. The average Bonchev–Trinajstić information content (AvgIpc) is 3.23. The SMILES string of the molecule is C[C@@H]1CNCC[C@H]1Nc1nc(-c2ccnc3[nH]c4ccccc4c23)nc2cncc(C(F)(F)F)c12. The Labute approximate surface area is 198 Å². The van der Waals surface area contributed by atoms with E-state index in [4.69, 9.17) is 4.98 Å². The summed E-state index contributed by atoms with van der Waals surface area (Å²) in [5.74, 6) is 0.706. The zero-order valence-electron chi connectivity index (χ0n) is 18.8. The summed E-state index contributed by atoms with van der Waals surface area (Å²) >= 11 is 0. The summed E-state index contributed by atoms with van der Waals surface area (Å²) in [6.07, 6.45) is 0.0325. The predicted molar refractivity (Wildman–Crippen MR) is 129 cm³/mol. The molecule has 0 aliphatic carbocycles. The lowest BCUT2D eigenvalue weighted by Gasteiger charge is -2.31. The van der Waals surface area contributed by atoms with Gasteiger partial charge in [-0.15, -0.1) is 0 Å². The molecule has 1 aliphatic heterocycles. The third-order valence-electron chi connectivity index (χ3n) is 6.66. The number of aromatic amines is 1. The van der Waals surface area contributed by atoms with Crippen molar-refractivity contribution in [2.75, 3.05) is 18.4 Å². The molecule has 5 heterocycles. The first-order chi connectivity index (χ1) is 16.9. The number of pyridine rings is 2. The highest BCUT2D eigenvalue weighted by Crippen LogP contribution is 2.39. The fourth-order valence-corrected chi connectivity index (χ4v) is 4.88. The highest BCUT2D eigenvalue weighted by molar-refractivity contribution is 6.12. The van der Waals surface area contributed by atoms with Crippen molar-refractivity contribution in [3.05, 3.63) is 54.5 Å². The van der Waals surface area contributed by atoms with E-state index in [-0.39, 0.29) is 28.7 Å². The molecule has 0 spiro atoms. The first-order valence-corrected chi connectivity index (χ1v) is 11.5. The van der Waals surface area contributed by atoms with Gasteiger partial charge in [0.15, 0.2) is 5.82 Å². The second kappa shape index (κ2) is 8.16. The zero-order valence-corrected chi connectivity index (χ0v) is 18.8. The number of H-pyrrole nitrogens is 1. The second-order valence-electron chi connectivity index (χ2n) is 8.95. The molecule has 0 bridgehead atoms. The Morgan fingerprint density at radius 1 is 1.06 bits per heavy atom. The van der Waals surface area contributed by atoms with E-state index in [1.54, 1.807) is 12.3 Å². The Morgan fingerprint density at radius 2 is 1.91 bits per heavy atom. The molecule has 6 rings (SSSR count). The first kappa shape index (κ1) is 21.7. The quantitative estimate of drug-likeness (QED) is 0.333. The maximum Gasteiger partial charge on any atom is 0.418 e. The molecule has 10 heteroatoms. The molecule has 2 atom stereocenters. The van der Waals surface area contributed by atoms with Crippen molar-refractivity contribution in [2.45, 2.75) is 25.6 Å². The number of rotatable bonds is 3. The summed E-state index contributed by atoms with van der Waals surface area (Å²) in [6, 6.07) is 9.55. The van der Waals surface area contributed by atoms with E-state index in [1.165, 1.54) is 6.20 Å². The number of halogens is 3. The molecule has 7 nitrogen and oxygen atoms in total. The van der Waals surface area contributed by atoms with Crippen LogP contribution < -0.4 is 10.6 Å². The van der Waals surface area contributed by atoms with Crippen LogP contribution in [0.5, 0.6) is 0 Å². The third-order valence-corrected chi connectivity index (χ3v) is 6.66. The molecule has 5 aromatic rings. The van der Waals surface area contributed by atoms with E-state index in [2.05, 4.69) is 37.5 Å². The van der Waals surface area contributed by atoms with Crippen LogP contribution in [0.2, 0.25) is 0 Å². The third kappa shape index (κ3) is 3.74. The van der Waals surface area contributed by atoms with Crippen LogP contribution in [0, 0.1) is 5.92 Å². The van der Waals surface area contributed by atoms with E-state index in [9.17, 15) is 13.2 Å². The van der Waals surface area contributed by atoms with Crippen LogP contribution in [0.4, 0.5) is 19.0 Å². The fraction of sp³-hybridized carbons (Fsp3) is 0.280. The van der Waals surface area contributed by atoms with Crippen molar-refractivity contribution >= 4 is 38.7 Å². The molecule has 0 radical (unpaired) electrons. The molecule has 1 aliphatic rings. The highest BCUT2D eigenvalue weighted by atomic mass is 19.4. The van der Waals surface area contributed by atoms with Crippen LogP contribution in [-0.2, 0) is 6.18 Å². The van der Waals surface area contributed by atoms with Gasteiger partial charge < -0.3 is 15.6 Å². The minimum Gasteiger partial charge on any atom is -0.366 e. The number of fused-ring (bicyclic) bond motifs is 4. The van der Waals surface area contributed by atoms with Gasteiger partial charge in [0.25, 0.3) is 0 Å². The number of piperidine rings is 1. The lowest BCUT2D eigenvalue weighted by Crippen LogP contribution is -2.42. The standard InChI is InChI=1S/C25H22F3N7/c1-13-10-29-8-7-17(13)32-24-21-16(25(26,27)28)11-30-12-19(21)34-22(35-24)15-6-9-31-23-20(15)14-4-2-3-5-18(14)33-23/h2-6,9,11-13,17,29H,7-8,10H2,1H3,(H,31,33)(H,32,34,35)/t13-,17-/m1/s1. The number of nitrogens with zero attached hydrogens (tertiary/aromatic N) is 4. The molecule has 178 valence electrons. The average molecular weight is 477 g/mol. The predicted octanol–water partition coefficient (Wildman–Crippen LogP) is 5.15. The van der Waals surface area contributed by atoms with Gasteiger partial charge >= 0.3 is 6.18 Å². The summed E-state index contributed by atoms with van der Waals surface area (Å²) in [4.78, 5) is 20.8. The summed E-state index contributed by atoms with van der Waals surface area (Å²) in [6.45, 7) is 3.63. The molecular formula is C25H22F3N7. The van der Waals surface area contributed by atoms with Gasteiger partial charge in [0.1, 0.15) is 11.5 Å². The largest absolute Gasteiger partial charge is 0.418 e. The molecule has 3 N–H and O–H groups in total. The zero-order chi connectivity index (χ0) is 24.2. The van der Waals surface area contributed by atoms with Crippen molar-refractivity contribution in [2.24, 2.45) is 5.92 Å². The van der Waals surface area contributed by atoms with Crippen LogP contribution in [0.15, 0.2) is 48.9 Å². The molecule has 0 saturated carbocycles. The molecule has 0 amide bonds. The summed E-state index contributed by atoms with van der Waals surface area (Å²) in [5, 5.41) is 8.36. The van der Waals surface area contributed by atoms with Crippen LogP contribution in [0.25, 0.3) is 44.2 Å². The maximum atomic E-state index is 14.0. The Hall–Kier alpha value is -3.79. The number of hydrogen-bond donors (Lipinski definition) is 3. The minimum absolute atomic E-state index is 0.0259. The Morgan fingerprint density at radius 3 is 2.74 bits per heavy atom. The van der Waals surface area contributed by atoms with Crippen LogP contribution in [-0.4, -0.2) is 44.1 Å². The molecule has 1 fully saturated rings. The van der Waals surface area contributed by atoms with Gasteiger partial charge in [-0.05, 0) is 37.6 Å². The van der Waals surface area contributed by atoms with Crippen molar-refractivity contribution in [3.8, 4) is 11.4 Å². The van der Waals surface area contributed by atoms with E-state index in [0.717, 1.165) is 42.0 Å². The van der Waals surface area contributed by atoms with Gasteiger partial charge in [-0.3, -0.25) is 4.98 Å². The van der Waals surface area contributed by atoms with Crippen molar-refractivity contribution in [1.29, 1.82) is 0 Å². The van der Waals surface area contributed by atoms with Gasteiger partial charge in [-0.25, -0.2) is 15.0 Å².